The van der Waals surface area contributed by atoms with Crippen LogP contribution in [0.15, 0.2) is 18.7 Å². The van der Waals surface area contributed by atoms with E-state index in [1.807, 2.05) is 6.08 Å². The molecule has 1 aromatic rings. The van der Waals surface area contributed by atoms with Gasteiger partial charge in [-0.15, -0.1) is 0 Å². The Morgan fingerprint density at radius 2 is 2.07 bits per heavy atom. The predicted molar refractivity (Wildman–Crippen MR) is 69.8 cm³/mol. The van der Waals surface area contributed by atoms with E-state index in [2.05, 4.69) is 56.9 Å². The second-order valence-electron chi connectivity index (χ2n) is 3.80. The highest BCUT2D eigenvalue weighted by Crippen LogP contribution is 2.30. The summed E-state index contributed by atoms with van der Waals surface area (Å²) in [6.07, 6.45) is 1.90. The third-order valence-corrected chi connectivity index (χ3v) is 2.50. The highest BCUT2D eigenvalue weighted by molar-refractivity contribution is 5.76. The van der Waals surface area contributed by atoms with Gasteiger partial charge in [0.2, 0.25) is 0 Å². The van der Waals surface area contributed by atoms with Gasteiger partial charge in [0.05, 0.1) is 0 Å². The first-order chi connectivity index (χ1) is 7.11. The summed E-state index contributed by atoms with van der Waals surface area (Å²) in [5, 5.41) is 3.36. The van der Waals surface area contributed by atoms with E-state index < -0.39 is 0 Å². The van der Waals surface area contributed by atoms with Crippen LogP contribution < -0.4 is 10.2 Å². The van der Waals surface area contributed by atoms with Gasteiger partial charge in [-0.1, -0.05) is 18.7 Å². The lowest BCUT2D eigenvalue weighted by Crippen LogP contribution is -2.13. The highest BCUT2D eigenvalue weighted by Gasteiger charge is 2.09. The van der Waals surface area contributed by atoms with Crippen LogP contribution in [0.4, 0.5) is 11.4 Å². The normalized spacial score (nSPS) is 9.87. The molecule has 0 spiro atoms. The van der Waals surface area contributed by atoms with E-state index in [4.69, 9.17) is 0 Å². The Hall–Kier alpha value is -1.44. The SMILES string of the molecule is C=Cc1ccc(NCC)c(C)c1N(C)C. The summed E-state index contributed by atoms with van der Waals surface area (Å²) < 4.78 is 0. The van der Waals surface area contributed by atoms with Crippen molar-refractivity contribution in [3.63, 3.8) is 0 Å². The van der Waals surface area contributed by atoms with Gasteiger partial charge in [-0.25, -0.2) is 0 Å². The Bertz CT molecular complexity index is 354. The first kappa shape index (κ1) is 11.6. The second-order valence-corrected chi connectivity index (χ2v) is 3.80. The fourth-order valence-corrected chi connectivity index (χ4v) is 1.86. The van der Waals surface area contributed by atoms with Gasteiger partial charge in [0, 0.05) is 32.0 Å². The molecular formula is C13H20N2. The molecule has 2 nitrogen and oxygen atoms in total. The van der Waals surface area contributed by atoms with E-state index in [0.717, 1.165) is 6.54 Å². The van der Waals surface area contributed by atoms with Gasteiger partial charge in [0.25, 0.3) is 0 Å². The van der Waals surface area contributed by atoms with Crippen LogP contribution in [-0.2, 0) is 0 Å². The molecule has 1 N–H and O–H groups in total. The van der Waals surface area contributed by atoms with Crippen LogP contribution in [0.2, 0.25) is 0 Å². The van der Waals surface area contributed by atoms with Gasteiger partial charge in [-0.2, -0.15) is 0 Å². The average Bonchev–Trinajstić information content (AvgIpc) is 2.20. The number of rotatable bonds is 4. The van der Waals surface area contributed by atoms with Crippen molar-refractivity contribution in [2.75, 3.05) is 30.9 Å². The molecule has 82 valence electrons. The number of nitrogens with one attached hydrogen (secondary N) is 1. The van der Waals surface area contributed by atoms with E-state index in [1.54, 1.807) is 0 Å². The highest BCUT2D eigenvalue weighted by atomic mass is 15.1. The molecule has 0 fully saturated rings. The van der Waals surface area contributed by atoms with Gasteiger partial charge in [-0.3, -0.25) is 0 Å². The van der Waals surface area contributed by atoms with Crippen LogP contribution in [0.25, 0.3) is 6.08 Å². The fourth-order valence-electron chi connectivity index (χ4n) is 1.86. The lowest BCUT2D eigenvalue weighted by Gasteiger charge is -2.21. The number of hydrogen-bond acceptors (Lipinski definition) is 2. The molecular weight excluding hydrogens is 184 g/mol. The van der Waals surface area contributed by atoms with Crippen LogP contribution in [0, 0.1) is 6.92 Å². The second kappa shape index (κ2) is 4.87. The summed E-state index contributed by atoms with van der Waals surface area (Å²) in [5.74, 6) is 0. The summed E-state index contributed by atoms with van der Waals surface area (Å²) in [6.45, 7) is 9.04. The number of anilines is 2. The van der Waals surface area contributed by atoms with Crippen molar-refractivity contribution in [3.05, 3.63) is 29.8 Å². The summed E-state index contributed by atoms with van der Waals surface area (Å²) in [5.41, 5.74) is 4.90. The summed E-state index contributed by atoms with van der Waals surface area (Å²) in [7, 11) is 4.12. The maximum Gasteiger partial charge on any atom is 0.0484 e. The predicted octanol–water partition coefficient (Wildman–Crippen LogP) is 3.14. The lowest BCUT2D eigenvalue weighted by molar-refractivity contribution is 1.10. The molecule has 0 atom stereocenters. The van der Waals surface area contributed by atoms with Crippen molar-refractivity contribution >= 4 is 17.5 Å². The van der Waals surface area contributed by atoms with Crippen molar-refractivity contribution < 1.29 is 0 Å². The third-order valence-electron chi connectivity index (χ3n) is 2.50. The topological polar surface area (TPSA) is 15.3 Å². The van der Waals surface area contributed by atoms with E-state index in [9.17, 15) is 0 Å². The van der Waals surface area contributed by atoms with Crippen molar-refractivity contribution in [1.82, 2.24) is 0 Å². The smallest absolute Gasteiger partial charge is 0.0484 e. The molecule has 0 radical (unpaired) electrons. The minimum atomic E-state index is 0.946. The van der Waals surface area contributed by atoms with Crippen molar-refractivity contribution in [2.24, 2.45) is 0 Å². The zero-order chi connectivity index (χ0) is 11.4. The monoisotopic (exact) mass is 204 g/mol. The molecule has 1 rings (SSSR count). The summed E-state index contributed by atoms with van der Waals surface area (Å²) in [4.78, 5) is 2.13. The maximum atomic E-state index is 3.84. The maximum absolute atomic E-state index is 3.84. The zero-order valence-electron chi connectivity index (χ0n) is 10.1. The van der Waals surface area contributed by atoms with Crippen molar-refractivity contribution in [1.29, 1.82) is 0 Å². The van der Waals surface area contributed by atoms with E-state index >= 15 is 0 Å². The Balaban J connectivity index is 3.28. The molecule has 0 aliphatic rings. The minimum absolute atomic E-state index is 0.946. The summed E-state index contributed by atoms with van der Waals surface area (Å²) in [6, 6.07) is 4.22. The molecule has 0 heterocycles. The number of benzene rings is 1. The first-order valence-electron chi connectivity index (χ1n) is 5.29. The van der Waals surface area contributed by atoms with Gasteiger partial charge in [-0.05, 0) is 31.0 Å². The van der Waals surface area contributed by atoms with Gasteiger partial charge >= 0.3 is 0 Å². The average molecular weight is 204 g/mol. The molecule has 0 saturated carbocycles. The molecule has 0 unspecified atom stereocenters. The molecule has 0 aromatic heterocycles. The van der Waals surface area contributed by atoms with E-state index in [1.165, 1.54) is 22.5 Å². The minimum Gasteiger partial charge on any atom is -0.385 e. The van der Waals surface area contributed by atoms with Crippen LogP contribution >= 0.6 is 0 Å². The van der Waals surface area contributed by atoms with Crippen molar-refractivity contribution in [3.8, 4) is 0 Å². The van der Waals surface area contributed by atoms with Crippen LogP contribution in [-0.4, -0.2) is 20.6 Å². The third kappa shape index (κ3) is 2.32. The van der Waals surface area contributed by atoms with Crippen molar-refractivity contribution in [2.45, 2.75) is 13.8 Å². The fraction of sp³-hybridized carbons (Fsp3) is 0.385. The molecule has 2 heteroatoms. The summed E-state index contributed by atoms with van der Waals surface area (Å²) >= 11 is 0. The Kier molecular flexibility index (Phi) is 3.78. The quantitative estimate of drug-likeness (QED) is 0.810. The number of hydrogen-bond donors (Lipinski definition) is 1. The van der Waals surface area contributed by atoms with Gasteiger partial charge < -0.3 is 10.2 Å². The van der Waals surface area contributed by atoms with Crippen LogP contribution in [0.5, 0.6) is 0 Å². The molecule has 0 aliphatic carbocycles. The standard InChI is InChI=1S/C13H20N2/c1-6-11-8-9-12(14-7-2)10(3)13(11)15(4)5/h6,8-9,14H,1,7H2,2-5H3. The molecule has 0 amide bonds. The van der Waals surface area contributed by atoms with Gasteiger partial charge in [0.15, 0.2) is 0 Å². The Morgan fingerprint density at radius 1 is 1.40 bits per heavy atom. The molecule has 0 saturated heterocycles. The molecule has 0 bridgehead atoms. The van der Waals surface area contributed by atoms with E-state index in [-0.39, 0.29) is 0 Å². The lowest BCUT2D eigenvalue weighted by atomic mass is 10.0. The Labute approximate surface area is 92.6 Å². The van der Waals surface area contributed by atoms with E-state index in [0.29, 0.717) is 0 Å². The zero-order valence-corrected chi connectivity index (χ0v) is 10.1. The largest absolute Gasteiger partial charge is 0.385 e. The first-order valence-corrected chi connectivity index (χ1v) is 5.29. The van der Waals surface area contributed by atoms with Crippen LogP contribution in [0.1, 0.15) is 18.1 Å². The van der Waals surface area contributed by atoms with Gasteiger partial charge in [0.1, 0.15) is 0 Å². The number of nitrogens with zero attached hydrogens (tertiary/aromatic N) is 1. The Morgan fingerprint density at radius 3 is 2.53 bits per heavy atom. The molecule has 1 aromatic carbocycles. The molecule has 15 heavy (non-hydrogen) atoms. The van der Waals surface area contributed by atoms with Crippen LogP contribution in [0.3, 0.4) is 0 Å². The molecule has 0 aliphatic heterocycles.